The summed E-state index contributed by atoms with van der Waals surface area (Å²) in [6.07, 6.45) is 7.10. The van der Waals surface area contributed by atoms with E-state index in [1.54, 1.807) is 30.1 Å². The third-order valence-corrected chi connectivity index (χ3v) is 7.31. The van der Waals surface area contributed by atoms with Gasteiger partial charge in [0.2, 0.25) is 5.91 Å². The second kappa shape index (κ2) is 7.53. The highest BCUT2D eigenvalue weighted by molar-refractivity contribution is 6.06. The number of fused-ring (bicyclic) bond motifs is 2. The molecule has 1 N–H and O–H groups in total. The fraction of sp³-hybridized carbons (Fsp3) is 0.480. The zero-order chi connectivity index (χ0) is 23.5. The number of ether oxygens (including phenoxy) is 2. The average Bonchev–Trinajstić information content (AvgIpc) is 3.01. The number of rotatable bonds is 3. The summed E-state index contributed by atoms with van der Waals surface area (Å²) in [5.41, 5.74) is 0.286. The fourth-order valence-electron chi connectivity index (χ4n) is 5.93. The van der Waals surface area contributed by atoms with Crippen molar-refractivity contribution in [1.29, 1.82) is 0 Å². The predicted molar refractivity (Wildman–Crippen MR) is 119 cm³/mol. The molecule has 5 atom stereocenters. The van der Waals surface area contributed by atoms with Gasteiger partial charge in [-0.15, -0.1) is 0 Å². The van der Waals surface area contributed by atoms with E-state index in [0.29, 0.717) is 6.54 Å². The molecule has 4 aliphatic heterocycles. The number of aliphatic hydroxyl groups is 1. The highest BCUT2D eigenvalue weighted by Crippen LogP contribution is 2.57. The Kier molecular flexibility index (Phi) is 4.99. The molecule has 0 bridgehead atoms. The number of likely N-dealkylation sites (tertiary alicyclic amines) is 1. The van der Waals surface area contributed by atoms with E-state index in [1.165, 1.54) is 4.90 Å². The highest BCUT2D eigenvalue weighted by Gasteiger charge is 2.74. The Balaban J connectivity index is 1.66. The maximum absolute atomic E-state index is 14.1. The second-order valence-corrected chi connectivity index (χ2v) is 9.43. The van der Waals surface area contributed by atoms with Crippen molar-refractivity contribution in [3.8, 4) is 0 Å². The number of hydrogen-bond acceptors (Lipinski definition) is 6. The van der Waals surface area contributed by atoms with Crippen LogP contribution in [0.15, 0.2) is 42.5 Å². The van der Waals surface area contributed by atoms with E-state index in [1.807, 2.05) is 38.1 Å². The maximum atomic E-state index is 14.1. The van der Waals surface area contributed by atoms with Crippen LogP contribution in [0.1, 0.15) is 18.1 Å². The third-order valence-electron chi connectivity index (χ3n) is 7.31. The molecule has 4 aliphatic rings. The molecule has 8 heteroatoms. The van der Waals surface area contributed by atoms with Crippen LogP contribution in [0.25, 0.3) is 0 Å². The molecule has 1 spiro atoms. The molecule has 1 unspecified atom stereocenters. The molecule has 1 aromatic rings. The molecule has 0 aliphatic carbocycles. The van der Waals surface area contributed by atoms with Gasteiger partial charge in [-0.3, -0.25) is 14.4 Å². The summed E-state index contributed by atoms with van der Waals surface area (Å²) in [5.74, 6) is -3.00. The van der Waals surface area contributed by atoms with Gasteiger partial charge in [0, 0.05) is 18.8 Å². The first kappa shape index (κ1) is 21.9. The molecule has 0 radical (unpaired) electrons. The molecule has 0 saturated carbocycles. The number of hydrogen-bond donors (Lipinski definition) is 1. The summed E-state index contributed by atoms with van der Waals surface area (Å²) in [5, 5.41) is 9.72. The van der Waals surface area contributed by atoms with Crippen molar-refractivity contribution >= 4 is 23.5 Å². The third kappa shape index (κ3) is 3.00. The van der Waals surface area contributed by atoms with Crippen LogP contribution in [0.2, 0.25) is 0 Å². The van der Waals surface area contributed by atoms with Gasteiger partial charge < -0.3 is 24.4 Å². The summed E-state index contributed by atoms with van der Waals surface area (Å²) >= 11 is 0. The molecule has 1 aromatic carbocycles. The lowest BCUT2D eigenvalue weighted by atomic mass is 9.75. The van der Waals surface area contributed by atoms with Crippen molar-refractivity contribution in [1.82, 2.24) is 4.90 Å². The van der Waals surface area contributed by atoms with Crippen LogP contribution < -0.4 is 4.90 Å². The zero-order valence-electron chi connectivity index (χ0n) is 19.0. The van der Waals surface area contributed by atoms with E-state index in [9.17, 15) is 19.5 Å². The number of anilines is 1. The highest BCUT2D eigenvalue weighted by atomic mass is 16.6. The Bertz CT molecular complexity index is 1100. The molecular weight excluding hydrogens is 424 g/mol. The van der Waals surface area contributed by atoms with Crippen molar-refractivity contribution in [2.24, 2.45) is 11.8 Å². The average molecular weight is 453 g/mol. The first-order chi connectivity index (χ1) is 15.7. The minimum absolute atomic E-state index is 0.0281. The van der Waals surface area contributed by atoms with Gasteiger partial charge in [-0.05, 0) is 44.0 Å². The number of amides is 2. The van der Waals surface area contributed by atoms with Crippen molar-refractivity contribution in [3.05, 3.63) is 53.6 Å². The molecule has 2 amide bonds. The summed E-state index contributed by atoms with van der Waals surface area (Å²) in [6, 6.07) is 4.89. The monoisotopic (exact) mass is 452 g/mol. The molecule has 0 aromatic heterocycles. The summed E-state index contributed by atoms with van der Waals surface area (Å²) in [4.78, 5) is 43.8. The standard InChI is InChI=1S/C25H28N2O6/c1-15-6-7-16(2)17(14-15)26-10-4-9-25-18(21(29)27(11-12-28)20(25)22(26)30)19-23(31)32-13-5-8-24(19,3)33-25/h4-9,14,18-20,28H,10-13H2,1-3H3/t18-,19+,20?,24-,25-/m0/s1. The second-order valence-electron chi connectivity index (χ2n) is 9.43. The van der Waals surface area contributed by atoms with Crippen LogP contribution in [0.5, 0.6) is 0 Å². The Morgan fingerprint density at radius 3 is 2.64 bits per heavy atom. The quantitative estimate of drug-likeness (QED) is 0.548. The molecule has 2 fully saturated rings. The van der Waals surface area contributed by atoms with E-state index in [4.69, 9.17) is 9.47 Å². The molecule has 174 valence electrons. The van der Waals surface area contributed by atoms with Gasteiger partial charge in [0.1, 0.15) is 24.2 Å². The Hall–Kier alpha value is -2.97. The number of β-amino-alcohol motifs (C(OH)–C–C–N with tert-alkyl or cyclic N) is 1. The first-order valence-corrected chi connectivity index (χ1v) is 11.3. The van der Waals surface area contributed by atoms with Crippen molar-refractivity contribution in [2.45, 2.75) is 38.0 Å². The van der Waals surface area contributed by atoms with Crippen LogP contribution in [0.4, 0.5) is 5.69 Å². The van der Waals surface area contributed by atoms with Crippen LogP contribution in [0, 0.1) is 25.7 Å². The number of carbonyl (C=O) groups is 3. The molecule has 8 nitrogen and oxygen atoms in total. The van der Waals surface area contributed by atoms with Crippen molar-refractivity contribution in [3.63, 3.8) is 0 Å². The van der Waals surface area contributed by atoms with Crippen LogP contribution in [-0.2, 0) is 23.9 Å². The van der Waals surface area contributed by atoms with E-state index in [-0.39, 0.29) is 31.6 Å². The number of benzene rings is 1. The first-order valence-electron chi connectivity index (χ1n) is 11.3. The lowest BCUT2D eigenvalue weighted by molar-refractivity contribution is -0.156. The van der Waals surface area contributed by atoms with Gasteiger partial charge in [0.15, 0.2) is 0 Å². The van der Waals surface area contributed by atoms with Gasteiger partial charge in [-0.25, -0.2) is 0 Å². The minimum atomic E-state index is -1.34. The topological polar surface area (TPSA) is 96.4 Å². The lowest BCUT2D eigenvalue weighted by Gasteiger charge is -2.37. The SMILES string of the molecule is Cc1ccc(C)c(N2CC=C[C@]34O[C@@]5(C)C=CCOC(=O)[C@H]5[C@H]3C(=O)N(CCO)C4C2=O)c1. The van der Waals surface area contributed by atoms with E-state index in [0.717, 1.165) is 16.8 Å². The van der Waals surface area contributed by atoms with E-state index < -0.39 is 35.0 Å². The van der Waals surface area contributed by atoms with Gasteiger partial charge in [-0.1, -0.05) is 30.4 Å². The Morgan fingerprint density at radius 2 is 1.88 bits per heavy atom. The zero-order valence-corrected chi connectivity index (χ0v) is 19.0. The van der Waals surface area contributed by atoms with Crippen LogP contribution in [-0.4, -0.2) is 71.3 Å². The number of aliphatic hydroxyl groups excluding tert-OH is 1. The number of esters is 1. The predicted octanol–water partition coefficient (Wildman–Crippen LogP) is 1.28. The molecule has 2 saturated heterocycles. The number of aryl methyl sites for hydroxylation is 2. The smallest absolute Gasteiger partial charge is 0.313 e. The van der Waals surface area contributed by atoms with Gasteiger partial charge >= 0.3 is 5.97 Å². The molecule has 5 rings (SSSR count). The summed E-state index contributed by atoms with van der Waals surface area (Å²) < 4.78 is 11.9. The largest absolute Gasteiger partial charge is 0.461 e. The van der Waals surface area contributed by atoms with Crippen LogP contribution in [0.3, 0.4) is 0 Å². The lowest BCUT2D eigenvalue weighted by Crippen LogP contribution is -2.56. The fourth-order valence-corrected chi connectivity index (χ4v) is 5.93. The number of carbonyl (C=O) groups excluding carboxylic acids is 3. The summed E-state index contributed by atoms with van der Waals surface area (Å²) in [6.45, 7) is 5.74. The molecular formula is C25H28N2O6. The maximum Gasteiger partial charge on any atom is 0.313 e. The van der Waals surface area contributed by atoms with Crippen LogP contribution >= 0.6 is 0 Å². The normalized spacial score (nSPS) is 35.2. The van der Waals surface area contributed by atoms with E-state index in [2.05, 4.69) is 0 Å². The Labute approximate surface area is 192 Å². The summed E-state index contributed by atoms with van der Waals surface area (Å²) in [7, 11) is 0. The van der Waals surface area contributed by atoms with Crippen molar-refractivity contribution < 1.29 is 29.0 Å². The number of cyclic esters (lactones) is 1. The molecule has 33 heavy (non-hydrogen) atoms. The number of nitrogens with zero attached hydrogens (tertiary/aromatic N) is 2. The molecule has 4 heterocycles. The van der Waals surface area contributed by atoms with Gasteiger partial charge in [0.05, 0.1) is 18.1 Å². The Morgan fingerprint density at radius 1 is 1.09 bits per heavy atom. The minimum Gasteiger partial charge on any atom is -0.461 e. The van der Waals surface area contributed by atoms with Gasteiger partial charge in [-0.2, -0.15) is 0 Å². The van der Waals surface area contributed by atoms with E-state index >= 15 is 0 Å². The van der Waals surface area contributed by atoms with Crippen molar-refractivity contribution in [2.75, 3.05) is 31.2 Å². The van der Waals surface area contributed by atoms with Gasteiger partial charge in [0.25, 0.3) is 5.91 Å².